The average molecular weight is 403 g/mol. The van der Waals surface area contributed by atoms with Gasteiger partial charge in [0.2, 0.25) is 5.78 Å². The van der Waals surface area contributed by atoms with E-state index >= 15 is 0 Å². The summed E-state index contributed by atoms with van der Waals surface area (Å²) in [6, 6.07) is 19.0. The molecule has 0 aliphatic heterocycles. The molecule has 1 heterocycles. The Morgan fingerprint density at radius 1 is 1.10 bits per heavy atom. The Bertz CT molecular complexity index is 1050. The highest BCUT2D eigenvalue weighted by Crippen LogP contribution is 2.14. The molecule has 0 aliphatic carbocycles. The van der Waals surface area contributed by atoms with E-state index < -0.39 is 12.1 Å². The fourth-order valence-electron chi connectivity index (χ4n) is 3.01. The Morgan fingerprint density at radius 2 is 1.87 bits per heavy atom. The molecule has 0 saturated heterocycles. The second-order valence-electron chi connectivity index (χ2n) is 7.18. The first-order valence-corrected chi connectivity index (χ1v) is 9.80. The molecule has 0 radical (unpaired) electrons. The van der Waals surface area contributed by atoms with Gasteiger partial charge in [-0.2, -0.15) is 0 Å². The smallest absolute Gasteiger partial charge is 0.332 e. The zero-order chi connectivity index (χ0) is 21.5. The van der Waals surface area contributed by atoms with Crippen LogP contribution in [0, 0.1) is 6.92 Å². The molecular weight excluding hydrogens is 378 g/mol. The van der Waals surface area contributed by atoms with Crippen LogP contribution in [0.15, 0.2) is 72.9 Å². The number of carboxylic acid groups (broad SMARTS) is 1. The molecule has 154 valence electrons. The predicted octanol–water partition coefficient (Wildman–Crippen LogP) is 4.73. The number of aryl methyl sites for hydroxylation is 1. The van der Waals surface area contributed by atoms with E-state index in [4.69, 9.17) is 9.84 Å². The van der Waals surface area contributed by atoms with Gasteiger partial charge in [0.1, 0.15) is 0 Å². The van der Waals surface area contributed by atoms with Crippen LogP contribution in [0.1, 0.15) is 39.7 Å². The summed E-state index contributed by atoms with van der Waals surface area (Å²) in [4.78, 5) is 23.7. The number of ketones is 1. The summed E-state index contributed by atoms with van der Waals surface area (Å²) in [6.07, 6.45) is 5.02. The zero-order valence-electron chi connectivity index (χ0n) is 17.1. The second-order valence-corrected chi connectivity index (χ2v) is 7.18. The van der Waals surface area contributed by atoms with Crippen LogP contribution in [0.5, 0.6) is 0 Å². The van der Waals surface area contributed by atoms with E-state index in [1.807, 2.05) is 90.5 Å². The average Bonchev–Trinajstić information content (AvgIpc) is 3.21. The quantitative estimate of drug-likeness (QED) is 0.525. The second kappa shape index (κ2) is 9.85. The van der Waals surface area contributed by atoms with Crippen LogP contribution in [0.25, 0.3) is 6.08 Å². The molecule has 2 aromatic carbocycles. The van der Waals surface area contributed by atoms with Gasteiger partial charge in [-0.05, 0) is 43.2 Å². The molecule has 0 bridgehead atoms. The third-order valence-corrected chi connectivity index (χ3v) is 4.79. The number of carboxylic acids is 1. The summed E-state index contributed by atoms with van der Waals surface area (Å²) in [5, 5.41) is 8.91. The molecule has 0 saturated carbocycles. The molecule has 5 nitrogen and oxygen atoms in total. The Balaban J connectivity index is 1.64. The normalized spacial score (nSPS) is 12.2. The van der Waals surface area contributed by atoms with Gasteiger partial charge >= 0.3 is 5.97 Å². The van der Waals surface area contributed by atoms with Crippen LogP contribution in [0.2, 0.25) is 0 Å². The van der Waals surface area contributed by atoms with Gasteiger partial charge < -0.3 is 14.4 Å². The van der Waals surface area contributed by atoms with E-state index in [1.54, 1.807) is 0 Å². The van der Waals surface area contributed by atoms with Crippen LogP contribution in [0.4, 0.5) is 0 Å². The van der Waals surface area contributed by atoms with Gasteiger partial charge in [-0.1, -0.05) is 60.2 Å². The molecule has 0 amide bonds. The first-order valence-electron chi connectivity index (χ1n) is 9.80. The third-order valence-electron chi connectivity index (χ3n) is 4.79. The summed E-state index contributed by atoms with van der Waals surface area (Å²) in [6.45, 7) is 4.31. The Hall–Kier alpha value is -3.44. The molecule has 5 heteroatoms. The van der Waals surface area contributed by atoms with Crippen LogP contribution in [-0.2, 0) is 22.7 Å². The predicted molar refractivity (Wildman–Crippen MR) is 116 cm³/mol. The maximum atomic E-state index is 12.8. The summed E-state index contributed by atoms with van der Waals surface area (Å²) >= 11 is 0. The summed E-state index contributed by atoms with van der Waals surface area (Å²) in [7, 11) is 0. The third kappa shape index (κ3) is 5.55. The van der Waals surface area contributed by atoms with Gasteiger partial charge in [-0.15, -0.1) is 0 Å². The molecule has 30 heavy (non-hydrogen) atoms. The summed E-state index contributed by atoms with van der Waals surface area (Å²) in [5.74, 6) is -0.978. The number of hydrogen-bond donors (Lipinski definition) is 1. The Kier molecular flexibility index (Phi) is 6.99. The van der Waals surface area contributed by atoms with Crippen molar-refractivity contribution in [1.82, 2.24) is 4.57 Å². The summed E-state index contributed by atoms with van der Waals surface area (Å²) in [5.41, 5.74) is 4.33. The van der Waals surface area contributed by atoms with E-state index in [0.717, 1.165) is 16.7 Å². The number of carbonyl (C=O) groups is 2. The maximum absolute atomic E-state index is 12.8. The van der Waals surface area contributed by atoms with Crippen molar-refractivity contribution in [3.8, 4) is 0 Å². The van der Waals surface area contributed by atoms with Crippen molar-refractivity contribution in [2.24, 2.45) is 0 Å². The van der Waals surface area contributed by atoms with Crippen molar-refractivity contribution in [3.05, 3.63) is 101 Å². The number of carbonyl (C=O) groups excluding carboxylic acids is 1. The SMILES string of the molecule is Cc1ccc(C(=O)c2cccn2CC=Cc2cccc(CO[C@H](C)C(=O)O)c2)cc1. The van der Waals surface area contributed by atoms with E-state index in [1.165, 1.54) is 6.92 Å². The minimum atomic E-state index is -0.978. The lowest BCUT2D eigenvalue weighted by Crippen LogP contribution is -2.19. The van der Waals surface area contributed by atoms with Crippen molar-refractivity contribution in [3.63, 3.8) is 0 Å². The molecule has 1 N–H and O–H groups in total. The lowest BCUT2D eigenvalue weighted by molar-refractivity contribution is -0.149. The van der Waals surface area contributed by atoms with Gasteiger partial charge in [0.25, 0.3) is 0 Å². The van der Waals surface area contributed by atoms with Crippen molar-refractivity contribution in [1.29, 1.82) is 0 Å². The molecule has 0 fully saturated rings. The summed E-state index contributed by atoms with van der Waals surface area (Å²) < 4.78 is 7.25. The number of aliphatic carboxylic acids is 1. The van der Waals surface area contributed by atoms with Crippen molar-refractivity contribution < 1.29 is 19.4 Å². The molecule has 3 aromatic rings. The highest BCUT2D eigenvalue weighted by molar-refractivity contribution is 6.08. The topological polar surface area (TPSA) is 68.5 Å². The van der Waals surface area contributed by atoms with E-state index in [-0.39, 0.29) is 12.4 Å². The Labute approximate surface area is 176 Å². The number of benzene rings is 2. The van der Waals surface area contributed by atoms with Gasteiger partial charge in [-0.3, -0.25) is 4.79 Å². The maximum Gasteiger partial charge on any atom is 0.332 e. The lowest BCUT2D eigenvalue weighted by atomic mass is 10.1. The monoisotopic (exact) mass is 403 g/mol. The first kappa shape index (κ1) is 21.3. The van der Waals surface area contributed by atoms with Crippen LogP contribution >= 0.6 is 0 Å². The molecule has 0 aliphatic rings. The van der Waals surface area contributed by atoms with E-state index in [2.05, 4.69) is 0 Å². The van der Waals surface area contributed by atoms with Gasteiger partial charge in [0.05, 0.1) is 12.3 Å². The number of rotatable bonds is 9. The number of nitrogens with zero attached hydrogens (tertiary/aromatic N) is 1. The van der Waals surface area contributed by atoms with Crippen molar-refractivity contribution in [2.45, 2.75) is 33.1 Å². The zero-order valence-corrected chi connectivity index (χ0v) is 17.1. The molecule has 3 rings (SSSR count). The lowest BCUT2D eigenvalue weighted by Gasteiger charge is -2.09. The van der Waals surface area contributed by atoms with Gasteiger partial charge in [0.15, 0.2) is 6.10 Å². The fraction of sp³-hybridized carbons (Fsp3) is 0.200. The molecule has 0 spiro atoms. The molecule has 1 aromatic heterocycles. The highest BCUT2D eigenvalue weighted by Gasteiger charge is 2.13. The number of ether oxygens (including phenoxy) is 1. The van der Waals surface area contributed by atoms with E-state index in [0.29, 0.717) is 17.8 Å². The molecule has 1 atom stereocenters. The number of hydrogen-bond acceptors (Lipinski definition) is 3. The minimum absolute atomic E-state index is 0.0000893. The fourth-order valence-corrected chi connectivity index (χ4v) is 3.01. The molecule has 0 unspecified atom stereocenters. The van der Waals surface area contributed by atoms with Crippen LogP contribution < -0.4 is 0 Å². The molecular formula is C25H25NO4. The van der Waals surface area contributed by atoms with Crippen molar-refractivity contribution >= 4 is 17.8 Å². The number of aromatic nitrogens is 1. The standard InChI is InChI=1S/C25H25NO4/c1-18-10-12-22(13-11-18)24(27)23-9-5-15-26(23)14-4-8-20-6-3-7-21(16-20)17-30-19(2)25(28)29/h3-13,15-16,19H,14,17H2,1-2H3,(H,28,29)/t19-/m1/s1. The van der Waals surface area contributed by atoms with Crippen LogP contribution in [-0.4, -0.2) is 27.5 Å². The largest absolute Gasteiger partial charge is 0.479 e. The number of allylic oxidation sites excluding steroid dienone is 1. The van der Waals surface area contributed by atoms with Crippen LogP contribution in [0.3, 0.4) is 0 Å². The Morgan fingerprint density at radius 3 is 2.60 bits per heavy atom. The van der Waals surface area contributed by atoms with Gasteiger partial charge in [-0.25, -0.2) is 4.79 Å². The van der Waals surface area contributed by atoms with Crippen molar-refractivity contribution in [2.75, 3.05) is 0 Å². The first-order chi connectivity index (χ1) is 14.4. The van der Waals surface area contributed by atoms with Gasteiger partial charge in [0, 0.05) is 18.3 Å². The minimum Gasteiger partial charge on any atom is -0.479 e. The highest BCUT2D eigenvalue weighted by atomic mass is 16.5. The van der Waals surface area contributed by atoms with E-state index in [9.17, 15) is 9.59 Å².